The number of amides is 1. The zero-order chi connectivity index (χ0) is 15.7. The number of thiazole rings is 1. The molecule has 1 aliphatic carbocycles. The van der Waals surface area contributed by atoms with E-state index in [0.29, 0.717) is 5.56 Å². The molecule has 3 rings (SSSR count). The van der Waals surface area contributed by atoms with Crippen LogP contribution < -0.4 is 0 Å². The number of aliphatic carboxylic acids is 1. The fraction of sp³-hybridized carbons (Fsp3) is 0.312. The maximum Gasteiger partial charge on any atom is 0.323 e. The van der Waals surface area contributed by atoms with Gasteiger partial charge in [0.2, 0.25) is 0 Å². The summed E-state index contributed by atoms with van der Waals surface area (Å²) in [4.78, 5) is 29.4. The molecule has 0 bridgehead atoms. The highest BCUT2D eigenvalue weighted by Gasteiger charge is 2.34. The molecule has 114 valence electrons. The Morgan fingerprint density at radius 3 is 2.77 bits per heavy atom. The molecule has 22 heavy (non-hydrogen) atoms. The third-order valence-electron chi connectivity index (χ3n) is 3.53. The fourth-order valence-corrected chi connectivity index (χ4v) is 3.13. The highest BCUT2D eigenvalue weighted by molar-refractivity contribution is 7.13. The number of benzene rings is 1. The van der Waals surface area contributed by atoms with Crippen molar-refractivity contribution in [3.8, 4) is 10.6 Å². The van der Waals surface area contributed by atoms with Gasteiger partial charge in [-0.2, -0.15) is 0 Å². The predicted molar refractivity (Wildman–Crippen MR) is 84.0 cm³/mol. The number of hydrogen-bond donors (Lipinski definition) is 1. The molecule has 0 atom stereocenters. The van der Waals surface area contributed by atoms with Crippen LogP contribution in [0.4, 0.5) is 0 Å². The summed E-state index contributed by atoms with van der Waals surface area (Å²) in [6.45, 7) is 1.68. The van der Waals surface area contributed by atoms with Gasteiger partial charge in [0.1, 0.15) is 11.6 Å². The molecule has 0 spiro atoms. The molecular formula is C16H16N2O3S. The molecule has 1 fully saturated rings. The Bertz CT molecular complexity index is 722. The first kappa shape index (κ1) is 14.7. The Kier molecular flexibility index (Phi) is 3.94. The van der Waals surface area contributed by atoms with Gasteiger partial charge in [0.25, 0.3) is 5.91 Å². The Hall–Kier alpha value is -2.21. The first-order valence-corrected chi connectivity index (χ1v) is 7.98. The van der Waals surface area contributed by atoms with Crippen molar-refractivity contribution in [1.29, 1.82) is 0 Å². The summed E-state index contributed by atoms with van der Waals surface area (Å²) in [5, 5.41) is 11.8. The van der Waals surface area contributed by atoms with Crippen LogP contribution >= 0.6 is 11.3 Å². The molecule has 0 radical (unpaired) electrons. The number of carbonyl (C=O) groups is 2. The van der Waals surface area contributed by atoms with Gasteiger partial charge in [-0.25, -0.2) is 4.98 Å². The van der Waals surface area contributed by atoms with Gasteiger partial charge >= 0.3 is 5.97 Å². The van der Waals surface area contributed by atoms with Crippen LogP contribution in [0.15, 0.2) is 29.6 Å². The van der Waals surface area contributed by atoms with Gasteiger partial charge in [0.15, 0.2) is 0 Å². The van der Waals surface area contributed by atoms with E-state index in [9.17, 15) is 9.59 Å². The lowest BCUT2D eigenvalue weighted by Gasteiger charge is -2.20. The number of carboxylic acids is 1. The number of aryl methyl sites for hydroxylation is 1. The zero-order valence-electron chi connectivity index (χ0n) is 12.2. The van der Waals surface area contributed by atoms with E-state index in [4.69, 9.17) is 5.11 Å². The average Bonchev–Trinajstić information content (AvgIpc) is 3.25. The molecule has 1 heterocycles. The first-order valence-electron chi connectivity index (χ1n) is 7.10. The molecule has 1 amide bonds. The van der Waals surface area contributed by atoms with Crippen molar-refractivity contribution in [3.05, 3.63) is 40.9 Å². The number of carbonyl (C=O) groups excluding carboxylic acids is 1. The molecular weight excluding hydrogens is 300 g/mol. The normalized spacial score (nSPS) is 13.9. The minimum absolute atomic E-state index is 0.0642. The second kappa shape index (κ2) is 5.88. The predicted octanol–water partition coefficient (Wildman–Crippen LogP) is 2.81. The fourth-order valence-electron chi connectivity index (χ4n) is 2.34. The van der Waals surface area contributed by atoms with Crippen LogP contribution in [-0.2, 0) is 4.79 Å². The summed E-state index contributed by atoms with van der Waals surface area (Å²) in [5.41, 5.74) is 2.34. The quantitative estimate of drug-likeness (QED) is 0.921. The largest absolute Gasteiger partial charge is 0.480 e. The van der Waals surface area contributed by atoms with E-state index in [2.05, 4.69) is 4.98 Å². The van der Waals surface area contributed by atoms with Crippen LogP contribution in [0.25, 0.3) is 10.6 Å². The van der Waals surface area contributed by atoms with Crippen LogP contribution in [0.2, 0.25) is 0 Å². The van der Waals surface area contributed by atoms with Crippen LogP contribution in [-0.4, -0.2) is 39.5 Å². The zero-order valence-corrected chi connectivity index (χ0v) is 13.0. The van der Waals surface area contributed by atoms with E-state index in [-0.39, 0.29) is 18.5 Å². The smallest absolute Gasteiger partial charge is 0.323 e. The van der Waals surface area contributed by atoms with Gasteiger partial charge in [-0.15, -0.1) is 11.3 Å². The molecule has 1 saturated carbocycles. The maximum atomic E-state index is 12.6. The second-order valence-corrected chi connectivity index (χ2v) is 6.29. The third kappa shape index (κ3) is 3.17. The van der Waals surface area contributed by atoms with E-state index in [1.54, 1.807) is 12.1 Å². The Labute approximate surface area is 132 Å². The Morgan fingerprint density at radius 2 is 2.18 bits per heavy atom. The molecule has 0 unspecified atom stereocenters. The summed E-state index contributed by atoms with van der Waals surface area (Å²) in [6, 6.07) is 7.30. The number of carboxylic acid groups (broad SMARTS) is 1. The molecule has 1 N–H and O–H groups in total. The van der Waals surface area contributed by atoms with Crippen molar-refractivity contribution in [2.75, 3.05) is 6.54 Å². The second-order valence-electron chi connectivity index (χ2n) is 5.43. The van der Waals surface area contributed by atoms with Crippen molar-refractivity contribution in [1.82, 2.24) is 9.88 Å². The number of rotatable bonds is 5. The summed E-state index contributed by atoms with van der Waals surface area (Å²) in [7, 11) is 0. The number of nitrogens with zero attached hydrogens (tertiary/aromatic N) is 2. The van der Waals surface area contributed by atoms with Crippen molar-refractivity contribution in [3.63, 3.8) is 0 Å². The van der Waals surface area contributed by atoms with Gasteiger partial charge in [-0.1, -0.05) is 12.1 Å². The standard InChI is InChI=1S/C16H16N2O3S/c1-10-9-22-15(17-10)11-3-2-4-12(7-11)16(21)18(8-14(19)20)13-5-6-13/h2-4,7,9,13H,5-6,8H2,1H3,(H,19,20). The topological polar surface area (TPSA) is 70.5 Å². The van der Waals surface area contributed by atoms with Crippen molar-refractivity contribution in [2.45, 2.75) is 25.8 Å². The highest BCUT2D eigenvalue weighted by atomic mass is 32.1. The van der Waals surface area contributed by atoms with Crippen molar-refractivity contribution < 1.29 is 14.7 Å². The van der Waals surface area contributed by atoms with Crippen LogP contribution in [0.3, 0.4) is 0 Å². The highest BCUT2D eigenvalue weighted by Crippen LogP contribution is 2.29. The Morgan fingerprint density at radius 1 is 1.41 bits per heavy atom. The van der Waals surface area contributed by atoms with E-state index in [1.165, 1.54) is 16.2 Å². The molecule has 1 aromatic heterocycles. The van der Waals surface area contributed by atoms with Crippen LogP contribution in [0, 0.1) is 6.92 Å². The number of hydrogen-bond acceptors (Lipinski definition) is 4. The Balaban J connectivity index is 1.87. The molecule has 0 aliphatic heterocycles. The molecule has 6 heteroatoms. The van der Waals surface area contributed by atoms with Gasteiger partial charge in [0, 0.05) is 28.2 Å². The summed E-state index contributed by atoms with van der Waals surface area (Å²) in [5.74, 6) is -1.20. The van der Waals surface area contributed by atoms with E-state index in [0.717, 1.165) is 29.1 Å². The third-order valence-corrected chi connectivity index (χ3v) is 4.54. The monoisotopic (exact) mass is 316 g/mol. The molecule has 2 aromatic rings. The molecule has 0 saturated heterocycles. The number of aromatic nitrogens is 1. The lowest BCUT2D eigenvalue weighted by molar-refractivity contribution is -0.137. The summed E-state index contributed by atoms with van der Waals surface area (Å²) >= 11 is 1.53. The lowest BCUT2D eigenvalue weighted by atomic mass is 10.1. The molecule has 5 nitrogen and oxygen atoms in total. The van der Waals surface area contributed by atoms with Crippen LogP contribution in [0.5, 0.6) is 0 Å². The summed E-state index contributed by atoms with van der Waals surface area (Å²) in [6.07, 6.45) is 1.76. The van der Waals surface area contributed by atoms with E-state index >= 15 is 0 Å². The van der Waals surface area contributed by atoms with E-state index in [1.807, 2.05) is 24.4 Å². The first-order chi connectivity index (χ1) is 10.5. The van der Waals surface area contributed by atoms with Gasteiger partial charge in [-0.05, 0) is 31.9 Å². The molecule has 1 aliphatic rings. The average molecular weight is 316 g/mol. The van der Waals surface area contributed by atoms with Crippen LogP contribution in [0.1, 0.15) is 28.9 Å². The summed E-state index contributed by atoms with van der Waals surface area (Å²) < 4.78 is 0. The molecule has 1 aromatic carbocycles. The lowest BCUT2D eigenvalue weighted by Crippen LogP contribution is -2.37. The minimum atomic E-state index is -0.980. The van der Waals surface area contributed by atoms with Gasteiger partial charge in [-0.3, -0.25) is 9.59 Å². The minimum Gasteiger partial charge on any atom is -0.480 e. The van der Waals surface area contributed by atoms with Crippen molar-refractivity contribution in [2.24, 2.45) is 0 Å². The van der Waals surface area contributed by atoms with Crippen molar-refractivity contribution >= 4 is 23.2 Å². The van der Waals surface area contributed by atoms with E-state index < -0.39 is 5.97 Å². The van der Waals surface area contributed by atoms with Gasteiger partial charge in [0.05, 0.1) is 0 Å². The van der Waals surface area contributed by atoms with Gasteiger partial charge < -0.3 is 10.0 Å². The SMILES string of the molecule is Cc1csc(-c2cccc(C(=O)N(CC(=O)O)C3CC3)c2)n1. The maximum absolute atomic E-state index is 12.6.